The van der Waals surface area contributed by atoms with Gasteiger partial charge in [0.1, 0.15) is 0 Å². The summed E-state index contributed by atoms with van der Waals surface area (Å²) in [6.07, 6.45) is 1.17. The first kappa shape index (κ1) is 13.3. The van der Waals surface area contributed by atoms with Gasteiger partial charge in [-0.15, -0.1) is 11.8 Å². The summed E-state index contributed by atoms with van der Waals surface area (Å²) in [6, 6.07) is 0. The van der Waals surface area contributed by atoms with Crippen molar-refractivity contribution in [3.63, 3.8) is 0 Å². The number of carboxylic acids is 1. The molecule has 0 aliphatic carbocycles. The van der Waals surface area contributed by atoms with Gasteiger partial charge in [0, 0.05) is 13.1 Å². The predicted octanol–water partition coefficient (Wildman–Crippen LogP) is 0.178. The number of carboxylic acid groups (broad SMARTS) is 1. The van der Waals surface area contributed by atoms with Crippen LogP contribution in [0.2, 0.25) is 0 Å². The van der Waals surface area contributed by atoms with Crippen LogP contribution in [0.5, 0.6) is 0 Å². The highest BCUT2D eigenvalue weighted by Crippen LogP contribution is 2.21. The van der Waals surface area contributed by atoms with Crippen molar-refractivity contribution < 1.29 is 19.8 Å². The van der Waals surface area contributed by atoms with E-state index in [2.05, 4.69) is 0 Å². The summed E-state index contributed by atoms with van der Waals surface area (Å²) in [7, 11) is 0. The third kappa shape index (κ3) is 4.40. The smallest absolute Gasteiger partial charge is 0.313 e. The molecule has 1 amide bonds. The molecule has 0 atom stereocenters. The molecule has 0 radical (unpaired) electrons. The van der Waals surface area contributed by atoms with Gasteiger partial charge < -0.3 is 15.1 Å². The average Bonchev–Trinajstić information content (AvgIpc) is 2.16. The minimum absolute atomic E-state index is 0.0400. The van der Waals surface area contributed by atoms with Crippen LogP contribution >= 0.6 is 11.8 Å². The Morgan fingerprint density at radius 2 is 1.88 bits per heavy atom. The third-order valence-corrected chi connectivity index (χ3v) is 3.55. The molecule has 0 unspecified atom stereocenters. The van der Waals surface area contributed by atoms with Crippen LogP contribution in [0.25, 0.3) is 0 Å². The first-order valence-corrected chi connectivity index (χ1v) is 6.36. The molecule has 2 N–H and O–H groups in total. The fourth-order valence-corrected chi connectivity index (χ4v) is 2.19. The van der Waals surface area contributed by atoms with E-state index in [1.165, 1.54) is 0 Å². The second-order valence-corrected chi connectivity index (χ2v) is 5.25. The van der Waals surface area contributed by atoms with E-state index in [1.54, 1.807) is 11.8 Å². The van der Waals surface area contributed by atoms with Gasteiger partial charge in [-0.3, -0.25) is 9.59 Å². The van der Waals surface area contributed by atoms with Crippen molar-refractivity contribution in [2.45, 2.75) is 25.4 Å². The predicted molar refractivity (Wildman–Crippen MR) is 61.4 cm³/mol. The van der Waals surface area contributed by atoms with Crippen molar-refractivity contribution in [2.24, 2.45) is 0 Å². The third-order valence-electron chi connectivity index (χ3n) is 2.64. The Labute approximate surface area is 98.8 Å². The van der Waals surface area contributed by atoms with Crippen LogP contribution in [0.4, 0.5) is 0 Å². The summed E-state index contributed by atoms with van der Waals surface area (Å²) in [5.41, 5.74) is -0.662. The van der Waals surface area contributed by atoms with Crippen LogP contribution < -0.4 is 0 Å². The van der Waals surface area contributed by atoms with Gasteiger partial charge in [0.25, 0.3) is 0 Å². The van der Waals surface area contributed by atoms with Gasteiger partial charge in [-0.25, -0.2) is 0 Å². The van der Waals surface area contributed by atoms with Crippen molar-refractivity contribution in [3.8, 4) is 0 Å². The van der Waals surface area contributed by atoms with E-state index in [9.17, 15) is 14.7 Å². The average molecular weight is 247 g/mol. The number of rotatable bonds is 4. The maximum absolute atomic E-state index is 11.6. The lowest BCUT2D eigenvalue weighted by molar-refractivity contribution is -0.134. The van der Waals surface area contributed by atoms with Crippen molar-refractivity contribution in [1.29, 1.82) is 0 Å². The molecule has 1 aliphatic rings. The second kappa shape index (κ2) is 5.54. The molecule has 6 heteroatoms. The molecule has 1 saturated heterocycles. The van der Waals surface area contributed by atoms with Crippen LogP contribution in [-0.2, 0) is 9.59 Å². The Balaban J connectivity index is 2.25. The van der Waals surface area contributed by atoms with Gasteiger partial charge in [-0.05, 0) is 19.8 Å². The van der Waals surface area contributed by atoms with Crippen LogP contribution in [-0.4, -0.2) is 57.2 Å². The molecule has 5 nitrogen and oxygen atoms in total. The first-order chi connectivity index (χ1) is 7.41. The molecular weight excluding hydrogens is 230 g/mol. The fraction of sp³-hybridized carbons (Fsp3) is 0.800. The van der Waals surface area contributed by atoms with Gasteiger partial charge >= 0.3 is 5.97 Å². The van der Waals surface area contributed by atoms with Crippen molar-refractivity contribution in [1.82, 2.24) is 4.90 Å². The molecule has 1 rings (SSSR count). The lowest BCUT2D eigenvalue weighted by Crippen LogP contribution is -2.45. The molecule has 0 aromatic heterocycles. The fourth-order valence-electron chi connectivity index (χ4n) is 1.55. The number of aliphatic carboxylic acids is 1. The van der Waals surface area contributed by atoms with E-state index in [-0.39, 0.29) is 17.4 Å². The van der Waals surface area contributed by atoms with Crippen LogP contribution in [0, 0.1) is 0 Å². The SMILES string of the molecule is CC1(O)CCN(C(=O)CSCC(=O)O)CC1. The van der Waals surface area contributed by atoms with Gasteiger partial charge in [-0.1, -0.05) is 0 Å². The van der Waals surface area contributed by atoms with Gasteiger partial charge in [-0.2, -0.15) is 0 Å². The number of likely N-dealkylation sites (tertiary alicyclic amines) is 1. The highest BCUT2D eigenvalue weighted by atomic mass is 32.2. The Morgan fingerprint density at radius 1 is 1.31 bits per heavy atom. The highest BCUT2D eigenvalue weighted by molar-refractivity contribution is 8.00. The summed E-state index contributed by atoms with van der Waals surface area (Å²) in [4.78, 5) is 23.6. The standard InChI is InChI=1S/C10H17NO4S/c1-10(15)2-4-11(5-3-10)8(12)6-16-7-9(13)14/h15H,2-7H2,1H3,(H,13,14). The van der Waals surface area contributed by atoms with Gasteiger partial charge in [0.15, 0.2) is 0 Å². The van der Waals surface area contributed by atoms with Crippen molar-refractivity contribution in [3.05, 3.63) is 0 Å². The minimum Gasteiger partial charge on any atom is -0.481 e. The monoisotopic (exact) mass is 247 g/mol. The number of piperidine rings is 1. The molecule has 0 aromatic carbocycles. The van der Waals surface area contributed by atoms with E-state index < -0.39 is 11.6 Å². The first-order valence-electron chi connectivity index (χ1n) is 5.20. The maximum Gasteiger partial charge on any atom is 0.313 e. The van der Waals surface area contributed by atoms with Crippen LogP contribution in [0.15, 0.2) is 0 Å². The Kier molecular flexibility index (Phi) is 4.61. The number of hydrogen-bond acceptors (Lipinski definition) is 4. The molecule has 0 saturated carbocycles. The van der Waals surface area contributed by atoms with Crippen molar-refractivity contribution in [2.75, 3.05) is 24.6 Å². The minimum atomic E-state index is -0.903. The van der Waals surface area contributed by atoms with Crippen LogP contribution in [0.3, 0.4) is 0 Å². The summed E-state index contributed by atoms with van der Waals surface area (Å²) in [6.45, 7) is 2.88. The van der Waals surface area contributed by atoms with E-state index >= 15 is 0 Å². The normalized spacial score (nSPS) is 19.5. The Morgan fingerprint density at radius 3 is 2.38 bits per heavy atom. The van der Waals surface area contributed by atoms with Crippen LogP contribution in [0.1, 0.15) is 19.8 Å². The molecule has 0 spiro atoms. The van der Waals surface area contributed by atoms with E-state index in [0.717, 1.165) is 11.8 Å². The lowest BCUT2D eigenvalue weighted by Gasteiger charge is -2.35. The number of aliphatic hydroxyl groups is 1. The number of amides is 1. The quantitative estimate of drug-likeness (QED) is 0.741. The lowest BCUT2D eigenvalue weighted by atomic mass is 9.94. The molecular formula is C10H17NO4S. The number of carbonyl (C=O) groups is 2. The number of thioether (sulfide) groups is 1. The molecule has 1 fully saturated rings. The Bertz CT molecular complexity index is 270. The zero-order valence-electron chi connectivity index (χ0n) is 9.31. The van der Waals surface area contributed by atoms with Gasteiger partial charge in [0.2, 0.25) is 5.91 Å². The zero-order chi connectivity index (χ0) is 12.2. The van der Waals surface area contributed by atoms with Crippen molar-refractivity contribution >= 4 is 23.6 Å². The molecule has 92 valence electrons. The largest absolute Gasteiger partial charge is 0.481 e. The van der Waals surface area contributed by atoms with E-state index in [4.69, 9.17) is 5.11 Å². The summed E-state index contributed by atoms with van der Waals surface area (Å²) in [5, 5.41) is 18.1. The second-order valence-electron chi connectivity index (χ2n) is 4.26. The molecule has 0 aromatic rings. The summed E-state index contributed by atoms with van der Waals surface area (Å²) in [5.74, 6) is -0.785. The number of hydrogen-bond donors (Lipinski definition) is 2. The maximum atomic E-state index is 11.6. The summed E-state index contributed by atoms with van der Waals surface area (Å²) >= 11 is 1.11. The number of nitrogens with zero attached hydrogens (tertiary/aromatic N) is 1. The molecule has 1 heterocycles. The zero-order valence-corrected chi connectivity index (χ0v) is 10.1. The van der Waals surface area contributed by atoms with Gasteiger partial charge in [0.05, 0.1) is 17.1 Å². The molecule has 1 aliphatic heterocycles. The van der Waals surface area contributed by atoms with E-state index in [0.29, 0.717) is 25.9 Å². The number of carbonyl (C=O) groups excluding carboxylic acids is 1. The van der Waals surface area contributed by atoms with E-state index in [1.807, 2.05) is 0 Å². The Hall–Kier alpha value is -0.750. The topological polar surface area (TPSA) is 77.8 Å². The molecule has 16 heavy (non-hydrogen) atoms. The summed E-state index contributed by atoms with van der Waals surface area (Å²) < 4.78 is 0. The highest BCUT2D eigenvalue weighted by Gasteiger charge is 2.29. The molecule has 0 bridgehead atoms.